The number of amides is 3. The summed E-state index contributed by atoms with van der Waals surface area (Å²) in [4.78, 5) is 39.1. The predicted octanol–water partition coefficient (Wildman–Crippen LogP) is 4.92. The minimum absolute atomic E-state index is 0.0173. The number of rotatable bonds is 5. The molecule has 34 heavy (non-hydrogen) atoms. The van der Waals surface area contributed by atoms with Gasteiger partial charge in [-0.3, -0.25) is 14.4 Å². The maximum absolute atomic E-state index is 13.7. The van der Waals surface area contributed by atoms with Gasteiger partial charge in [0.1, 0.15) is 0 Å². The first-order valence-electron chi connectivity index (χ1n) is 11.3. The Bertz CT molecular complexity index is 1060. The molecule has 1 saturated carbocycles. The second-order valence-corrected chi connectivity index (χ2v) is 9.04. The van der Waals surface area contributed by atoms with Crippen molar-refractivity contribution < 1.29 is 32.0 Å². The summed E-state index contributed by atoms with van der Waals surface area (Å²) in [5.74, 6) is -1.61. The van der Waals surface area contributed by atoms with E-state index < -0.39 is 35.2 Å². The zero-order valence-corrected chi connectivity index (χ0v) is 18.7. The van der Waals surface area contributed by atoms with Crippen molar-refractivity contribution in [3.8, 4) is 0 Å². The predicted molar refractivity (Wildman–Crippen MR) is 118 cm³/mol. The standard InChI is InChI=1S/C24H26F3N3O4/c1-14-4-7-17(8-5-14)30-13-15(11-21(30)31)22(32)29-19-9-6-16(12-18(19)24(25,26)27)28-23(33)20-3-2-10-34-20/h2-3,6,9-10,12,14-15,17H,4-5,7-8,11,13H2,1H3,(H,28,33)(H,29,32). The number of anilines is 2. The van der Waals surface area contributed by atoms with E-state index in [0.717, 1.165) is 37.8 Å². The highest BCUT2D eigenvalue weighted by atomic mass is 19.4. The minimum Gasteiger partial charge on any atom is -0.459 e. The Morgan fingerprint density at radius 2 is 1.82 bits per heavy atom. The highest BCUT2D eigenvalue weighted by Crippen LogP contribution is 2.37. The Morgan fingerprint density at radius 1 is 1.09 bits per heavy atom. The fourth-order valence-corrected chi connectivity index (χ4v) is 4.62. The first-order chi connectivity index (χ1) is 16.1. The van der Waals surface area contributed by atoms with Crippen molar-refractivity contribution in [3.63, 3.8) is 0 Å². The van der Waals surface area contributed by atoms with Gasteiger partial charge >= 0.3 is 6.18 Å². The molecular formula is C24H26F3N3O4. The summed E-state index contributed by atoms with van der Waals surface area (Å²) in [6, 6.07) is 6.07. The normalized spacial score (nSPS) is 23.1. The van der Waals surface area contributed by atoms with E-state index in [1.807, 2.05) is 0 Å². The molecule has 3 amide bonds. The Balaban J connectivity index is 1.45. The topological polar surface area (TPSA) is 91.7 Å². The van der Waals surface area contributed by atoms with Crippen molar-refractivity contribution in [3.05, 3.63) is 47.9 Å². The van der Waals surface area contributed by atoms with Crippen molar-refractivity contribution in [2.45, 2.75) is 51.2 Å². The smallest absolute Gasteiger partial charge is 0.418 e. The first kappa shape index (κ1) is 23.8. The average molecular weight is 477 g/mol. The Kier molecular flexibility index (Phi) is 6.67. The van der Waals surface area contributed by atoms with E-state index in [9.17, 15) is 27.6 Å². The number of hydrogen-bond donors (Lipinski definition) is 2. The third kappa shape index (κ3) is 5.26. The average Bonchev–Trinajstić information content (AvgIpc) is 3.45. The van der Waals surface area contributed by atoms with Crippen LogP contribution in [0.4, 0.5) is 24.5 Å². The van der Waals surface area contributed by atoms with Crippen molar-refractivity contribution >= 4 is 29.1 Å². The van der Waals surface area contributed by atoms with Gasteiger partial charge in [-0.1, -0.05) is 6.92 Å². The van der Waals surface area contributed by atoms with E-state index in [4.69, 9.17) is 4.42 Å². The van der Waals surface area contributed by atoms with Gasteiger partial charge in [0.2, 0.25) is 11.8 Å². The summed E-state index contributed by atoms with van der Waals surface area (Å²) in [7, 11) is 0. The van der Waals surface area contributed by atoms with Gasteiger partial charge < -0.3 is 20.0 Å². The Labute approximate surface area is 194 Å². The van der Waals surface area contributed by atoms with Crippen molar-refractivity contribution in [1.82, 2.24) is 4.90 Å². The van der Waals surface area contributed by atoms with Gasteiger partial charge in [0.15, 0.2) is 5.76 Å². The summed E-state index contributed by atoms with van der Waals surface area (Å²) >= 11 is 0. The molecule has 1 aromatic carbocycles. The van der Waals surface area contributed by atoms with E-state index in [-0.39, 0.29) is 36.4 Å². The van der Waals surface area contributed by atoms with Crippen LogP contribution in [0.25, 0.3) is 0 Å². The van der Waals surface area contributed by atoms with Crippen molar-refractivity contribution in [2.24, 2.45) is 11.8 Å². The summed E-state index contributed by atoms with van der Waals surface area (Å²) < 4.78 is 46.1. The monoisotopic (exact) mass is 477 g/mol. The number of carbonyl (C=O) groups is 3. The number of halogens is 3. The van der Waals surface area contributed by atoms with E-state index in [2.05, 4.69) is 17.6 Å². The molecule has 1 atom stereocenters. The minimum atomic E-state index is -4.77. The van der Waals surface area contributed by atoms with Crippen LogP contribution in [-0.4, -0.2) is 35.2 Å². The largest absolute Gasteiger partial charge is 0.459 e. The van der Waals surface area contributed by atoms with Crippen LogP contribution in [0, 0.1) is 11.8 Å². The molecule has 1 unspecified atom stereocenters. The summed E-state index contributed by atoms with van der Waals surface area (Å²) in [5.41, 5.74) is -1.62. The van der Waals surface area contributed by atoms with Crippen LogP contribution in [-0.2, 0) is 15.8 Å². The highest BCUT2D eigenvalue weighted by molar-refractivity contribution is 6.03. The Hall–Kier alpha value is -3.30. The molecule has 1 saturated heterocycles. The fourth-order valence-electron chi connectivity index (χ4n) is 4.62. The molecule has 2 fully saturated rings. The molecule has 2 N–H and O–H groups in total. The third-order valence-electron chi connectivity index (χ3n) is 6.54. The SMILES string of the molecule is CC1CCC(N2CC(C(=O)Nc3ccc(NC(=O)c4ccco4)cc3C(F)(F)F)CC2=O)CC1. The number of carbonyl (C=O) groups excluding carboxylic acids is 3. The van der Waals surface area contributed by atoms with E-state index in [0.29, 0.717) is 5.92 Å². The number of nitrogens with zero attached hydrogens (tertiary/aromatic N) is 1. The fraction of sp³-hybridized carbons (Fsp3) is 0.458. The van der Waals surface area contributed by atoms with Gasteiger partial charge in [0, 0.05) is 24.7 Å². The van der Waals surface area contributed by atoms with Gasteiger partial charge in [0.25, 0.3) is 5.91 Å². The van der Waals surface area contributed by atoms with Crippen LogP contribution < -0.4 is 10.6 Å². The van der Waals surface area contributed by atoms with Crippen molar-refractivity contribution in [1.29, 1.82) is 0 Å². The molecule has 4 rings (SSSR count). The van der Waals surface area contributed by atoms with Crippen LogP contribution in [0.3, 0.4) is 0 Å². The lowest BCUT2D eigenvalue weighted by Gasteiger charge is -2.33. The molecule has 2 aliphatic rings. The van der Waals surface area contributed by atoms with Crippen LogP contribution in [0.5, 0.6) is 0 Å². The van der Waals surface area contributed by atoms with Crippen LogP contribution in [0.1, 0.15) is 55.1 Å². The van der Waals surface area contributed by atoms with E-state index in [1.165, 1.54) is 24.5 Å². The molecule has 7 nitrogen and oxygen atoms in total. The molecule has 10 heteroatoms. The maximum Gasteiger partial charge on any atom is 0.418 e. The van der Waals surface area contributed by atoms with Gasteiger partial charge in [0.05, 0.1) is 23.4 Å². The zero-order valence-electron chi connectivity index (χ0n) is 18.7. The van der Waals surface area contributed by atoms with Gasteiger partial charge in [-0.2, -0.15) is 13.2 Å². The molecule has 0 bridgehead atoms. The number of nitrogens with one attached hydrogen (secondary N) is 2. The van der Waals surface area contributed by atoms with Crippen LogP contribution in [0.15, 0.2) is 41.0 Å². The summed E-state index contributed by atoms with van der Waals surface area (Å²) in [5, 5.41) is 4.70. The lowest BCUT2D eigenvalue weighted by atomic mass is 9.87. The second-order valence-electron chi connectivity index (χ2n) is 9.04. The number of likely N-dealkylation sites (tertiary alicyclic amines) is 1. The zero-order chi connectivity index (χ0) is 24.5. The van der Waals surface area contributed by atoms with Crippen LogP contribution >= 0.6 is 0 Å². The lowest BCUT2D eigenvalue weighted by molar-refractivity contribution is -0.137. The number of hydrogen-bond acceptors (Lipinski definition) is 4. The number of furan rings is 1. The molecular weight excluding hydrogens is 451 g/mol. The number of benzene rings is 1. The molecule has 1 aliphatic heterocycles. The molecule has 182 valence electrons. The number of alkyl halides is 3. The molecule has 1 aromatic heterocycles. The maximum atomic E-state index is 13.7. The quantitative estimate of drug-likeness (QED) is 0.640. The lowest BCUT2D eigenvalue weighted by Crippen LogP contribution is -2.39. The molecule has 0 spiro atoms. The first-order valence-corrected chi connectivity index (χ1v) is 11.3. The molecule has 2 aromatic rings. The molecule has 2 heterocycles. The second kappa shape index (κ2) is 9.52. The molecule has 1 aliphatic carbocycles. The summed E-state index contributed by atoms with van der Waals surface area (Å²) in [6.07, 6.45) is 0.278. The Morgan fingerprint density at radius 3 is 2.47 bits per heavy atom. The van der Waals surface area contributed by atoms with E-state index in [1.54, 1.807) is 4.90 Å². The van der Waals surface area contributed by atoms with Gasteiger partial charge in [-0.15, -0.1) is 0 Å². The van der Waals surface area contributed by atoms with E-state index >= 15 is 0 Å². The molecule has 0 radical (unpaired) electrons. The highest BCUT2D eigenvalue weighted by Gasteiger charge is 2.40. The summed E-state index contributed by atoms with van der Waals surface area (Å²) in [6.45, 7) is 2.38. The van der Waals surface area contributed by atoms with Crippen LogP contribution in [0.2, 0.25) is 0 Å². The third-order valence-corrected chi connectivity index (χ3v) is 6.54. The van der Waals surface area contributed by atoms with Gasteiger partial charge in [-0.05, 0) is 61.9 Å². The van der Waals surface area contributed by atoms with Crippen molar-refractivity contribution in [2.75, 3.05) is 17.2 Å². The van der Waals surface area contributed by atoms with Gasteiger partial charge in [-0.25, -0.2) is 0 Å².